The predicted molar refractivity (Wildman–Crippen MR) is 123 cm³/mol. The SMILES string of the molecule is CCCN1C(=S)N[C@H](c2ccccn2)[C@@H]1c1cc(C)n(-c2ccc(Cl)cc2)c1C. The summed E-state index contributed by atoms with van der Waals surface area (Å²) in [6, 6.07) is 16.4. The highest BCUT2D eigenvalue weighted by Crippen LogP contribution is 2.41. The van der Waals surface area contributed by atoms with Crippen molar-refractivity contribution in [2.24, 2.45) is 0 Å². The molecule has 1 aromatic carbocycles. The zero-order valence-corrected chi connectivity index (χ0v) is 18.5. The van der Waals surface area contributed by atoms with Gasteiger partial charge in [0.1, 0.15) is 0 Å². The maximum Gasteiger partial charge on any atom is 0.170 e. The third kappa shape index (κ3) is 3.65. The van der Waals surface area contributed by atoms with E-state index in [2.05, 4.69) is 64.8 Å². The lowest BCUT2D eigenvalue weighted by Gasteiger charge is -2.27. The van der Waals surface area contributed by atoms with E-state index in [1.807, 2.05) is 30.5 Å². The summed E-state index contributed by atoms with van der Waals surface area (Å²) >= 11 is 11.8. The van der Waals surface area contributed by atoms with E-state index in [9.17, 15) is 0 Å². The molecule has 6 heteroatoms. The molecule has 0 spiro atoms. The molecule has 2 atom stereocenters. The highest BCUT2D eigenvalue weighted by Gasteiger charge is 2.40. The zero-order chi connectivity index (χ0) is 20.5. The number of hydrogen-bond acceptors (Lipinski definition) is 2. The minimum atomic E-state index is 0.0226. The molecular formula is C23H25ClN4S. The summed E-state index contributed by atoms with van der Waals surface area (Å²) in [6.07, 6.45) is 2.87. The third-order valence-electron chi connectivity index (χ3n) is 5.54. The number of nitrogens with one attached hydrogen (secondary N) is 1. The van der Waals surface area contributed by atoms with Gasteiger partial charge in [0, 0.05) is 34.8 Å². The molecule has 29 heavy (non-hydrogen) atoms. The fourth-order valence-corrected chi connectivity index (χ4v) is 4.76. The summed E-state index contributed by atoms with van der Waals surface area (Å²) in [6.45, 7) is 7.42. The first-order valence-electron chi connectivity index (χ1n) is 9.94. The van der Waals surface area contributed by atoms with Crippen LogP contribution in [-0.2, 0) is 0 Å². The first kappa shape index (κ1) is 19.9. The molecule has 3 aromatic rings. The molecule has 0 aliphatic carbocycles. The molecule has 3 heterocycles. The largest absolute Gasteiger partial charge is 0.352 e. The number of aromatic nitrogens is 2. The van der Waals surface area contributed by atoms with Crippen molar-refractivity contribution in [3.63, 3.8) is 0 Å². The van der Waals surface area contributed by atoms with Crippen molar-refractivity contribution in [1.29, 1.82) is 0 Å². The first-order chi connectivity index (χ1) is 14.0. The molecule has 2 aromatic heterocycles. The van der Waals surface area contributed by atoms with E-state index in [0.717, 1.165) is 34.5 Å². The number of pyridine rings is 1. The molecule has 4 nitrogen and oxygen atoms in total. The van der Waals surface area contributed by atoms with Crippen LogP contribution in [0.5, 0.6) is 0 Å². The van der Waals surface area contributed by atoms with Crippen molar-refractivity contribution < 1.29 is 0 Å². The molecule has 1 aliphatic rings. The Labute approximate surface area is 182 Å². The monoisotopic (exact) mass is 424 g/mol. The Morgan fingerprint density at radius 2 is 1.90 bits per heavy atom. The van der Waals surface area contributed by atoms with E-state index in [1.54, 1.807) is 0 Å². The van der Waals surface area contributed by atoms with E-state index < -0.39 is 0 Å². The number of aryl methyl sites for hydroxylation is 1. The second kappa shape index (κ2) is 8.17. The average molecular weight is 425 g/mol. The van der Waals surface area contributed by atoms with Gasteiger partial charge in [-0.15, -0.1) is 0 Å². The Hall–Kier alpha value is -2.37. The topological polar surface area (TPSA) is 33.1 Å². The number of thiocarbonyl (C=S) groups is 1. The molecule has 1 saturated heterocycles. The number of benzene rings is 1. The van der Waals surface area contributed by atoms with Gasteiger partial charge in [0.2, 0.25) is 0 Å². The normalized spacial score (nSPS) is 18.9. The van der Waals surface area contributed by atoms with Crippen molar-refractivity contribution in [2.45, 2.75) is 39.3 Å². The van der Waals surface area contributed by atoms with Crippen LogP contribution in [0.3, 0.4) is 0 Å². The summed E-state index contributed by atoms with van der Waals surface area (Å²) in [5, 5.41) is 5.06. The van der Waals surface area contributed by atoms with E-state index >= 15 is 0 Å². The van der Waals surface area contributed by atoms with Crippen LogP contribution in [0.1, 0.15) is 48.1 Å². The van der Waals surface area contributed by atoms with Gasteiger partial charge in [-0.3, -0.25) is 4.98 Å². The maximum atomic E-state index is 6.10. The lowest BCUT2D eigenvalue weighted by Crippen LogP contribution is -2.30. The zero-order valence-electron chi connectivity index (χ0n) is 16.9. The molecule has 1 fully saturated rings. The number of rotatable bonds is 5. The lowest BCUT2D eigenvalue weighted by atomic mass is 9.96. The van der Waals surface area contributed by atoms with E-state index in [1.165, 1.54) is 17.0 Å². The van der Waals surface area contributed by atoms with Gasteiger partial charge in [0.25, 0.3) is 0 Å². The molecule has 0 amide bonds. The second-order valence-corrected chi connectivity index (χ2v) is 8.28. The third-order valence-corrected chi connectivity index (χ3v) is 6.14. The summed E-state index contributed by atoms with van der Waals surface area (Å²) in [5.41, 5.74) is 5.79. The molecule has 1 aliphatic heterocycles. The molecule has 4 rings (SSSR count). The number of hydrogen-bond donors (Lipinski definition) is 1. The maximum absolute atomic E-state index is 6.10. The van der Waals surface area contributed by atoms with Crippen LogP contribution in [0, 0.1) is 13.8 Å². The summed E-state index contributed by atoms with van der Waals surface area (Å²) in [7, 11) is 0. The van der Waals surface area contributed by atoms with Gasteiger partial charge in [-0.1, -0.05) is 24.6 Å². The lowest BCUT2D eigenvalue weighted by molar-refractivity contribution is 0.316. The summed E-state index contributed by atoms with van der Waals surface area (Å²) in [5.74, 6) is 0. The van der Waals surface area contributed by atoms with Crippen LogP contribution in [-0.4, -0.2) is 26.1 Å². The number of halogens is 1. The molecule has 1 N–H and O–H groups in total. The number of nitrogens with zero attached hydrogens (tertiary/aromatic N) is 3. The van der Waals surface area contributed by atoms with Gasteiger partial charge in [-0.05, 0) is 80.5 Å². The van der Waals surface area contributed by atoms with Crippen LogP contribution in [0.15, 0.2) is 54.7 Å². The van der Waals surface area contributed by atoms with Crippen molar-refractivity contribution in [2.75, 3.05) is 6.54 Å². The Morgan fingerprint density at radius 3 is 2.55 bits per heavy atom. The molecular weight excluding hydrogens is 400 g/mol. The van der Waals surface area contributed by atoms with Crippen molar-refractivity contribution >= 4 is 28.9 Å². The van der Waals surface area contributed by atoms with E-state index in [4.69, 9.17) is 23.8 Å². The minimum absolute atomic E-state index is 0.0226. The van der Waals surface area contributed by atoms with E-state index in [-0.39, 0.29) is 12.1 Å². The van der Waals surface area contributed by atoms with Crippen LogP contribution >= 0.6 is 23.8 Å². The van der Waals surface area contributed by atoms with Gasteiger partial charge in [-0.25, -0.2) is 0 Å². The Kier molecular flexibility index (Phi) is 5.61. The van der Waals surface area contributed by atoms with E-state index in [0.29, 0.717) is 0 Å². The molecule has 0 unspecified atom stereocenters. The fourth-order valence-electron chi connectivity index (χ4n) is 4.30. The fraction of sp³-hybridized carbons (Fsp3) is 0.304. The second-order valence-electron chi connectivity index (χ2n) is 7.46. The first-order valence-corrected chi connectivity index (χ1v) is 10.7. The molecule has 150 valence electrons. The Morgan fingerprint density at radius 1 is 1.14 bits per heavy atom. The predicted octanol–water partition coefficient (Wildman–Crippen LogP) is 5.53. The highest BCUT2D eigenvalue weighted by atomic mass is 35.5. The molecule has 0 radical (unpaired) electrons. The highest BCUT2D eigenvalue weighted by molar-refractivity contribution is 7.80. The smallest absolute Gasteiger partial charge is 0.170 e. The van der Waals surface area contributed by atoms with Crippen molar-refractivity contribution in [3.8, 4) is 5.69 Å². The van der Waals surface area contributed by atoms with Gasteiger partial charge in [-0.2, -0.15) is 0 Å². The summed E-state index contributed by atoms with van der Waals surface area (Å²) < 4.78 is 2.28. The van der Waals surface area contributed by atoms with Crippen LogP contribution < -0.4 is 5.32 Å². The Bertz CT molecular complexity index is 1010. The molecule has 0 bridgehead atoms. The van der Waals surface area contributed by atoms with Gasteiger partial charge in [0.05, 0.1) is 17.8 Å². The van der Waals surface area contributed by atoms with Crippen LogP contribution in [0.25, 0.3) is 5.69 Å². The van der Waals surface area contributed by atoms with Gasteiger partial charge >= 0.3 is 0 Å². The Balaban J connectivity index is 1.82. The van der Waals surface area contributed by atoms with Crippen LogP contribution in [0.4, 0.5) is 0 Å². The minimum Gasteiger partial charge on any atom is -0.352 e. The summed E-state index contributed by atoms with van der Waals surface area (Å²) in [4.78, 5) is 6.93. The molecule has 0 saturated carbocycles. The average Bonchev–Trinajstić information content (AvgIpc) is 3.20. The quantitative estimate of drug-likeness (QED) is 0.546. The standard InChI is InChI=1S/C23H25ClN4S/c1-4-13-27-22(21(26-23(27)29)20-7-5-6-12-25-20)19-14-15(2)28(16(19)3)18-10-8-17(24)9-11-18/h5-12,14,21-22H,4,13H2,1-3H3,(H,26,29)/t21-,22+/m1/s1. The van der Waals surface area contributed by atoms with Crippen molar-refractivity contribution in [3.05, 3.63) is 82.4 Å². The van der Waals surface area contributed by atoms with Crippen molar-refractivity contribution in [1.82, 2.24) is 19.8 Å². The van der Waals surface area contributed by atoms with Crippen LogP contribution in [0.2, 0.25) is 5.02 Å². The van der Waals surface area contributed by atoms with Gasteiger partial charge < -0.3 is 14.8 Å². The van der Waals surface area contributed by atoms with Gasteiger partial charge in [0.15, 0.2) is 5.11 Å².